The van der Waals surface area contributed by atoms with Crippen LogP contribution in [0.5, 0.6) is 0 Å². The minimum atomic E-state index is 0.530. The van der Waals surface area contributed by atoms with Crippen LogP contribution in [-0.2, 0) is 4.74 Å². The second-order valence-corrected chi connectivity index (χ2v) is 2.96. The van der Waals surface area contributed by atoms with Crippen molar-refractivity contribution in [2.45, 2.75) is 39.4 Å². The molecule has 0 aromatic rings. The van der Waals surface area contributed by atoms with E-state index < -0.39 is 0 Å². The highest BCUT2D eigenvalue weighted by atomic mass is 16.5. The molecule has 0 aliphatic carbocycles. The normalized spacial score (nSPS) is 37.5. The molecule has 1 saturated heterocycles. The zero-order valence-corrected chi connectivity index (χ0v) is 5.85. The fraction of sp³-hybridized carbons (Fsp3) is 1.00. The Labute approximate surface area is 51.0 Å². The van der Waals surface area contributed by atoms with Gasteiger partial charge in [-0.2, -0.15) is 0 Å². The molecule has 1 unspecified atom stereocenters. The van der Waals surface area contributed by atoms with Crippen LogP contribution in [0, 0.1) is 5.92 Å². The van der Waals surface area contributed by atoms with Gasteiger partial charge in [0.25, 0.3) is 0 Å². The molecule has 1 aliphatic rings. The summed E-state index contributed by atoms with van der Waals surface area (Å²) in [5.41, 5.74) is 0. The van der Waals surface area contributed by atoms with Crippen LogP contribution in [-0.4, -0.2) is 12.2 Å². The van der Waals surface area contributed by atoms with Gasteiger partial charge in [-0.1, -0.05) is 13.8 Å². The lowest BCUT2D eigenvalue weighted by Gasteiger charge is -2.36. The minimum absolute atomic E-state index is 0.530. The molecule has 1 rings (SSSR count). The van der Waals surface area contributed by atoms with Gasteiger partial charge in [-0.3, -0.25) is 0 Å². The van der Waals surface area contributed by atoms with Gasteiger partial charge in [0, 0.05) is 0 Å². The third kappa shape index (κ3) is 1.03. The number of hydrogen-bond donors (Lipinski definition) is 0. The van der Waals surface area contributed by atoms with Crippen LogP contribution < -0.4 is 0 Å². The summed E-state index contributed by atoms with van der Waals surface area (Å²) in [6, 6.07) is 0. The SMILES string of the molecule is CC(C)C1C[C@H](C)O1. The first-order valence-electron chi connectivity index (χ1n) is 3.35. The molecule has 0 aromatic heterocycles. The molecule has 0 spiro atoms. The largest absolute Gasteiger partial charge is 0.375 e. The van der Waals surface area contributed by atoms with Crippen LogP contribution in [0.15, 0.2) is 0 Å². The molecule has 1 aliphatic heterocycles. The average Bonchev–Trinajstić information content (AvgIpc) is 1.57. The molecule has 0 aromatic carbocycles. The fourth-order valence-electron chi connectivity index (χ4n) is 1.04. The summed E-state index contributed by atoms with van der Waals surface area (Å²) in [7, 11) is 0. The molecule has 48 valence electrons. The zero-order valence-electron chi connectivity index (χ0n) is 5.85. The second kappa shape index (κ2) is 2.06. The van der Waals surface area contributed by atoms with Crippen molar-refractivity contribution in [1.29, 1.82) is 0 Å². The molecule has 0 saturated carbocycles. The molecular formula is C7H14O. The van der Waals surface area contributed by atoms with Crippen LogP contribution >= 0.6 is 0 Å². The van der Waals surface area contributed by atoms with Gasteiger partial charge in [-0.15, -0.1) is 0 Å². The minimum Gasteiger partial charge on any atom is -0.375 e. The monoisotopic (exact) mass is 114 g/mol. The molecule has 8 heavy (non-hydrogen) atoms. The first-order chi connectivity index (χ1) is 3.70. The molecule has 0 radical (unpaired) electrons. The summed E-state index contributed by atoms with van der Waals surface area (Å²) < 4.78 is 5.40. The Morgan fingerprint density at radius 3 is 2.12 bits per heavy atom. The van der Waals surface area contributed by atoms with Crippen LogP contribution in [0.25, 0.3) is 0 Å². The maximum absolute atomic E-state index is 5.40. The third-order valence-corrected chi connectivity index (χ3v) is 1.71. The van der Waals surface area contributed by atoms with Crippen molar-refractivity contribution >= 4 is 0 Å². The van der Waals surface area contributed by atoms with E-state index in [9.17, 15) is 0 Å². The van der Waals surface area contributed by atoms with E-state index in [4.69, 9.17) is 4.74 Å². The molecular weight excluding hydrogens is 100 g/mol. The standard InChI is InChI=1S/C7H14O/c1-5(2)7-4-6(3)8-7/h5-7H,4H2,1-3H3/t6-,7?/m0/s1. The lowest BCUT2D eigenvalue weighted by molar-refractivity contribution is -0.134. The van der Waals surface area contributed by atoms with Crippen LogP contribution in [0.1, 0.15) is 27.2 Å². The predicted octanol–water partition coefficient (Wildman–Crippen LogP) is 1.82. The van der Waals surface area contributed by atoms with Gasteiger partial charge < -0.3 is 4.74 Å². The van der Waals surface area contributed by atoms with Crippen LogP contribution in [0.3, 0.4) is 0 Å². The van der Waals surface area contributed by atoms with Gasteiger partial charge >= 0.3 is 0 Å². The Bertz CT molecular complexity index is 72.5. The first-order valence-corrected chi connectivity index (χ1v) is 3.35. The molecule has 0 bridgehead atoms. The molecule has 0 N–H and O–H groups in total. The van der Waals surface area contributed by atoms with Crippen molar-refractivity contribution in [3.8, 4) is 0 Å². The molecule has 1 fully saturated rings. The number of ether oxygens (including phenoxy) is 1. The highest BCUT2D eigenvalue weighted by Gasteiger charge is 2.28. The second-order valence-electron chi connectivity index (χ2n) is 2.96. The summed E-state index contributed by atoms with van der Waals surface area (Å²) in [5, 5.41) is 0. The Hall–Kier alpha value is -0.0400. The third-order valence-electron chi connectivity index (χ3n) is 1.71. The summed E-state index contributed by atoms with van der Waals surface area (Å²) in [4.78, 5) is 0. The van der Waals surface area contributed by atoms with E-state index >= 15 is 0 Å². The van der Waals surface area contributed by atoms with Crippen molar-refractivity contribution in [1.82, 2.24) is 0 Å². The van der Waals surface area contributed by atoms with Gasteiger partial charge in [0.1, 0.15) is 0 Å². The predicted molar refractivity (Wildman–Crippen MR) is 33.8 cm³/mol. The average molecular weight is 114 g/mol. The van der Waals surface area contributed by atoms with Gasteiger partial charge in [-0.05, 0) is 19.3 Å². The van der Waals surface area contributed by atoms with Gasteiger partial charge in [-0.25, -0.2) is 0 Å². The fourth-order valence-corrected chi connectivity index (χ4v) is 1.04. The van der Waals surface area contributed by atoms with Crippen molar-refractivity contribution in [2.24, 2.45) is 5.92 Å². The summed E-state index contributed by atoms with van der Waals surface area (Å²) in [6.45, 7) is 6.53. The topological polar surface area (TPSA) is 9.23 Å². The van der Waals surface area contributed by atoms with Crippen molar-refractivity contribution in [3.05, 3.63) is 0 Å². The van der Waals surface area contributed by atoms with E-state index in [1.54, 1.807) is 0 Å². The lowest BCUT2D eigenvalue weighted by Crippen LogP contribution is -2.38. The van der Waals surface area contributed by atoms with Crippen molar-refractivity contribution in [3.63, 3.8) is 0 Å². The molecule has 1 nitrogen and oxygen atoms in total. The quantitative estimate of drug-likeness (QED) is 0.505. The summed E-state index contributed by atoms with van der Waals surface area (Å²) in [6.07, 6.45) is 2.35. The maximum Gasteiger partial charge on any atom is 0.0626 e. The van der Waals surface area contributed by atoms with Gasteiger partial charge in [0.15, 0.2) is 0 Å². The molecule has 1 heterocycles. The zero-order chi connectivity index (χ0) is 6.15. The van der Waals surface area contributed by atoms with Gasteiger partial charge in [0.2, 0.25) is 0 Å². The van der Waals surface area contributed by atoms with E-state index in [0.717, 1.165) is 0 Å². The van der Waals surface area contributed by atoms with E-state index in [1.807, 2.05) is 0 Å². The lowest BCUT2D eigenvalue weighted by atomic mass is 9.96. The molecule has 0 amide bonds. The van der Waals surface area contributed by atoms with Crippen molar-refractivity contribution < 1.29 is 4.74 Å². The Balaban J connectivity index is 2.15. The van der Waals surface area contributed by atoms with Crippen LogP contribution in [0.2, 0.25) is 0 Å². The van der Waals surface area contributed by atoms with E-state index in [1.165, 1.54) is 6.42 Å². The Morgan fingerprint density at radius 2 is 2.00 bits per heavy atom. The smallest absolute Gasteiger partial charge is 0.0626 e. The van der Waals surface area contributed by atoms with Gasteiger partial charge in [0.05, 0.1) is 12.2 Å². The summed E-state index contributed by atoms with van der Waals surface area (Å²) in [5.74, 6) is 0.714. The van der Waals surface area contributed by atoms with E-state index in [-0.39, 0.29) is 0 Å². The van der Waals surface area contributed by atoms with E-state index in [2.05, 4.69) is 20.8 Å². The Kier molecular flexibility index (Phi) is 1.57. The van der Waals surface area contributed by atoms with Crippen LogP contribution in [0.4, 0.5) is 0 Å². The first kappa shape index (κ1) is 6.09. The molecule has 1 heteroatoms. The van der Waals surface area contributed by atoms with E-state index in [0.29, 0.717) is 18.1 Å². The Morgan fingerprint density at radius 1 is 1.50 bits per heavy atom. The highest BCUT2D eigenvalue weighted by Crippen LogP contribution is 2.25. The van der Waals surface area contributed by atoms with Crippen molar-refractivity contribution in [2.75, 3.05) is 0 Å². The molecule has 2 atom stereocenters. The summed E-state index contributed by atoms with van der Waals surface area (Å²) >= 11 is 0. The maximum atomic E-state index is 5.40. The number of hydrogen-bond acceptors (Lipinski definition) is 1. The highest BCUT2D eigenvalue weighted by molar-refractivity contribution is 4.75. The number of rotatable bonds is 1.